The minimum atomic E-state index is -4.61. The van der Waals surface area contributed by atoms with E-state index >= 15 is 0 Å². The summed E-state index contributed by atoms with van der Waals surface area (Å²) in [6.07, 6.45) is -3.32. The van der Waals surface area contributed by atoms with Crippen molar-refractivity contribution in [1.29, 1.82) is 0 Å². The largest absolute Gasteiger partial charge is 0.522 e. The molecule has 0 saturated carbocycles. The summed E-state index contributed by atoms with van der Waals surface area (Å²) in [5.74, 6) is 0.553. The molecule has 0 saturated heterocycles. The molecule has 1 aromatic heterocycles. The van der Waals surface area contributed by atoms with Gasteiger partial charge in [0.05, 0.1) is 26.3 Å². The van der Waals surface area contributed by atoms with Crippen LogP contribution in [0.5, 0.6) is 0 Å². The number of hydrogen-bond donors (Lipinski definition) is 1. The van der Waals surface area contributed by atoms with E-state index in [9.17, 15) is 13.2 Å². The standard InChI is InChI=1S/C9H15F3N4O2/c1-17-4-2-13-6-8-14-7-15-16(8)3-5-18-9(10,11)12/h7,13H,2-6H2,1H3. The third-order valence-corrected chi connectivity index (χ3v) is 2.03. The maximum Gasteiger partial charge on any atom is 0.522 e. The molecule has 1 aromatic rings. The fourth-order valence-electron chi connectivity index (χ4n) is 1.23. The van der Waals surface area contributed by atoms with E-state index in [1.165, 1.54) is 11.0 Å². The second-order valence-corrected chi connectivity index (χ2v) is 3.36. The van der Waals surface area contributed by atoms with Crippen molar-refractivity contribution in [2.75, 3.05) is 26.9 Å². The first-order chi connectivity index (χ1) is 8.53. The molecule has 1 N–H and O–H groups in total. The van der Waals surface area contributed by atoms with Gasteiger partial charge in [0.15, 0.2) is 0 Å². The molecule has 0 bridgehead atoms. The van der Waals surface area contributed by atoms with Crippen LogP contribution in [0.25, 0.3) is 0 Å². The van der Waals surface area contributed by atoms with Crippen LogP contribution in [0, 0.1) is 0 Å². The van der Waals surface area contributed by atoms with E-state index in [4.69, 9.17) is 4.74 Å². The van der Waals surface area contributed by atoms with E-state index < -0.39 is 13.0 Å². The molecule has 0 fully saturated rings. The Hall–Kier alpha value is -1.19. The molecule has 104 valence electrons. The van der Waals surface area contributed by atoms with Crippen LogP contribution in [-0.4, -0.2) is 48.0 Å². The quantitative estimate of drug-likeness (QED) is 0.698. The number of methoxy groups -OCH3 is 1. The van der Waals surface area contributed by atoms with E-state index in [1.54, 1.807) is 7.11 Å². The van der Waals surface area contributed by atoms with Crippen molar-refractivity contribution in [3.8, 4) is 0 Å². The van der Waals surface area contributed by atoms with Gasteiger partial charge in [-0.3, -0.25) is 4.74 Å². The highest BCUT2D eigenvalue weighted by Gasteiger charge is 2.28. The third-order valence-electron chi connectivity index (χ3n) is 2.03. The Morgan fingerprint density at radius 2 is 2.17 bits per heavy atom. The van der Waals surface area contributed by atoms with Crippen LogP contribution in [-0.2, 0) is 22.6 Å². The van der Waals surface area contributed by atoms with Crippen molar-refractivity contribution in [2.45, 2.75) is 19.5 Å². The van der Waals surface area contributed by atoms with Gasteiger partial charge in [0.2, 0.25) is 0 Å². The highest BCUT2D eigenvalue weighted by atomic mass is 19.4. The normalized spacial score (nSPS) is 12.0. The lowest BCUT2D eigenvalue weighted by atomic mass is 10.5. The number of nitrogens with zero attached hydrogens (tertiary/aromatic N) is 3. The Bertz CT molecular complexity index is 343. The summed E-state index contributed by atoms with van der Waals surface area (Å²) < 4.78 is 45.2. The lowest BCUT2D eigenvalue weighted by molar-refractivity contribution is -0.325. The summed E-state index contributed by atoms with van der Waals surface area (Å²) in [7, 11) is 1.58. The maximum atomic E-state index is 11.8. The van der Waals surface area contributed by atoms with Crippen LogP contribution >= 0.6 is 0 Å². The van der Waals surface area contributed by atoms with Crippen molar-refractivity contribution in [3.63, 3.8) is 0 Å². The molecular weight excluding hydrogens is 253 g/mol. The van der Waals surface area contributed by atoms with Gasteiger partial charge in [-0.05, 0) is 0 Å². The molecule has 0 atom stereocenters. The van der Waals surface area contributed by atoms with Gasteiger partial charge in [-0.2, -0.15) is 5.10 Å². The summed E-state index contributed by atoms with van der Waals surface area (Å²) in [5, 5.41) is 6.85. The van der Waals surface area contributed by atoms with Crippen LogP contribution < -0.4 is 5.32 Å². The lowest BCUT2D eigenvalue weighted by Gasteiger charge is -2.09. The minimum Gasteiger partial charge on any atom is -0.383 e. The monoisotopic (exact) mass is 268 g/mol. The van der Waals surface area contributed by atoms with E-state index in [0.717, 1.165) is 0 Å². The third kappa shape index (κ3) is 5.94. The van der Waals surface area contributed by atoms with Crippen LogP contribution in [0.2, 0.25) is 0 Å². The van der Waals surface area contributed by atoms with Crippen molar-refractivity contribution in [3.05, 3.63) is 12.2 Å². The van der Waals surface area contributed by atoms with E-state index in [2.05, 4.69) is 20.1 Å². The van der Waals surface area contributed by atoms with Crippen molar-refractivity contribution >= 4 is 0 Å². The average Bonchev–Trinajstić information content (AvgIpc) is 2.71. The number of aromatic nitrogens is 3. The van der Waals surface area contributed by atoms with Gasteiger partial charge in [0.25, 0.3) is 0 Å². The summed E-state index contributed by atoms with van der Waals surface area (Å²) in [6, 6.07) is 0. The minimum absolute atomic E-state index is 0.000795. The fourth-order valence-corrected chi connectivity index (χ4v) is 1.23. The van der Waals surface area contributed by atoms with Gasteiger partial charge in [-0.25, -0.2) is 9.67 Å². The fraction of sp³-hybridized carbons (Fsp3) is 0.778. The first kappa shape index (κ1) is 14.9. The summed E-state index contributed by atoms with van der Waals surface area (Å²) in [4.78, 5) is 3.94. The number of ether oxygens (including phenoxy) is 2. The second kappa shape index (κ2) is 7.29. The lowest BCUT2D eigenvalue weighted by Crippen LogP contribution is -2.23. The summed E-state index contributed by atoms with van der Waals surface area (Å²) in [5.41, 5.74) is 0. The number of rotatable bonds is 8. The molecule has 0 unspecified atom stereocenters. The Balaban J connectivity index is 2.31. The molecule has 9 heteroatoms. The number of halogens is 3. The molecule has 0 aliphatic carbocycles. The molecule has 0 aliphatic rings. The van der Waals surface area contributed by atoms with Gasteiger partial charge in [-0.1, -0.05) is 0 Å². The summed E-state index contributed by atoms with van der Waals surface area (Å²) in [6.45, 7) is 1.10. The molecule has 0 radical (unpaired) electrons. The molecule has 1 rings (SSSR count). The number of hydrogen-bond acceptors (Lipinski definition) is 5. The predicted octanol–water partition coefficient (Wildman–Crippen LogP) is 0.550. The first-order valence-electron chi connectivity index (χ1n) is 5.30. The zero-order valence-electron chi connectivity index (χ0n) is 9.90. The second-order valence-electron chi connectivity index (χ2n) is 3.36. The number of nitrogens with one attached hydrogen (secondary N) is 1. The molecule has 6 nitrogen and oxygen atoms in total. The zero-order chi connectivity index (χ0) is 13.4. The smallest absolute Gasteiger partial charge is 0.383 e. The Morgan fingerprint density at radius 3 is 2.83 bits per heavy atom. The van der Waals surface area contributed by atoms with Gasteiger partial charge >= 0.3 is 6.36 Å². The summed E-state index contributed by atoms with van der Waals surface area (Å²) >= 11 is 0. The number of alkyl halides is 3. The van der Waals surface area contributed by atoms with E-state index in [1.807, 2.05) is 0 Å². The molecular formula is C9H15F3N4O2. The molecule has 0 aromatic carbocycles. The Kier molecular flexibility index (Phi) is 6.02. The molecule has 0 aliphatic heterocycles. The van der Waals surface area contributed by atoms with Gasteiger partial charge in [0.1, 0.15) is 12.2 Å². The van der Waals surface area contributed by atoms with Gasteiger partial charge in [-0.15, -0.1) is 13.2 Å². The van der Waals surface area contributed by atoms with Crippen molar-refractivity contribution in [2.24, 2.45) is 0 Å². The SMILES string of the molecule is COCCNCc1ncnn1CCOC(F)(F)F. The molecule has 0 spiro atoms. The van der Waals surface area contributed by atoms with E-state index in [0.29, 0.717) is 25.5 Å². The molecule has 0 amide bonds. The van der Waals surface area contributed by atoms with Crippen LogP contribution in [0.3, 0.4) is 0 Å². The first-order valence-corrected chi connectivity index (χ1v) is 5.30. The highest BCUT2D eigenvalue weighted by molar-refractivity contribution is 4.83. The van der Waals surface area contributed by atoms with E-state index in [-0.39, 0.29) is 6.54 Å². The molecule has 18 heavy (non-hydrogen) atoms. The van der Waals surface area contributed by atoms with Crippen molar-refractivity contribution in [1.82, 2.24) is 20.1 Å². The zero-order valence-corrected chi connectivity index (χ0v) is 9.90. The Morgan fingerprint density at radius 1 is 1.39 bits per heavy atom. The van der Waals surface area contributed by atoms with Gasteiger partial charge in [0, 0.05) is 13.7 Å². The average molecular weight is 268 g/mol. The maximum absolute atomic E-state index is 11.8. The topological polar surface area (TPSA) is 61.2 Å². The molecule has 1 heterocycles. The highest BCUT2D eigenvalue weighted by Crippen LogP contribution is 2.15. The predicted molar refractivity (Wildman–Crippen MR) is 55.6 cm³/mol. The van der Waals surface area contributed by atoms with Gasteiger partial charge < -0.3 is 10.1 Å². The van der Waals surface area contributed by atoms with Crippen LogP contribution in [0.15, 0.2) is 6.33 Å². The van der Waals surface area contributed by atoms with Crippen LogP contribution in [0.4, 0.5) is 13.2 Å². The van der Waals surface area contributed by atoms with Crippen LogP contribution in [0.1, 0.15) is 5.82 Å². The van der Waals surface area contributed by atoms with Crippen molar-refractivity contribution < 1.29 is 22.6 Å². The Labute approximate surface area is 102 Å².